The molecule has 9 nitrogen and oxygen atoms in total. The fraction of sp³-hybridized carbons (Fsp3) is 0.833. The zero-order valence-corrected chi connectivity index (χ0v) is 8.15. The molecule has 0 amide bonds. The lowest BCUT2D eigenvalue weighted by Gasteiger charge is -2.16. The molecule has 1 aliphatic heterocycles. The molecular weight excluding hydrogens is 206 g/mol. The molecule has 0 aromatic rings. The van der Waals surface area contributed by atoms with E-state index in [9.17, 15) is 20.2 Å². The van der Waals surface area contributed by atoms with Gasteiger partial charge in [-0.2, -0.15) is 5.10 Å². The van der Waals surface area contributed by atoms with E-state index in [1.165, 1.54) is 0 Å². The van der Waals surface area contributed by atoms with Crippen LogP contribution in [-0.2, 0) is 0 Å². The van der Waals surface area contributed by atoms with E-state index in [0.29, 0.717) is 18.0 Å². The summed E-state index contributed by atoms with van der Waals surface area (Å²) in [6, 6.07) is 0. The van der Waals surface area contributed by atoms with Crippen LogP contribution >= 0.6 is 0 Å². The predicted octanol–water partition coefficient (Wildman–Crippen LogP) is 0.0994. The first kappa shape index (κ1) is 11.1. The third-order valence-corrected chi connectivity index (χ3v) is 1.94. The zero-order chi connectivity index (χ0) is 11.4. The molecular formula is C6H11N5O4. The summed E-state index contributed by atoms with van der Waals surface area (Å²) in [5.41, 5.74) is 0. The Hall–Kier alpha value is -1.93. The van der Waals surface area contributed by atoms with Crippen molar-refractivity contribution in [2.75, 3.05) is 6.54 Å². The molecule has 0 spiro atoms. The van der Waals surface area contributed by atoms with Gasteiger partial charge in [-0.05, 0) is 6.42 Å². The van der Waals surface area contributed by atoms with E-state index in [4.69, 9.17) is 0 Å². The second-order valence-corrected chi connectivity index (χ2v) is 3.00. The lowest BCUT2D eigenvalue weighted by Crippen LogP contribution is -2.48. The van der Waals surface area contributed by atoms with Crippen LogP contribution in [-0.4, -0.2) is 39.1 Å². The van der Waals surface area contributed by atoms with Gasteiger partial charge < -0.3 is 0 Å². The van der Waals surface area contributed by atoms with Gasteiger partial charge >= 0.3 is 6.29 Å². The molecule has 0 aromatic heterocycles. The third kappa shape index (κ3) is 2.30. The van der Waals surface area contributed by atoms with Gasteiger partial charge in [0.05, 0.1) is 4.92 Å². The van der Waals surface area contributed by atoms with E-state index in [-0.39, 0.29) is 0 Å². The van der Waals surface area contributed by atoms with Crippen molar-refractivity contribution < 1.29 is 9.96 Å². The van der Waals surface area contributed by atoms with Crippen LogP contribution in [0.2, 0.25) is 0 Å². The van der Waals surface area contributed by atoms with Crippen molar-refractivity contribution in [1.82, 2.24) is 10.0 Å². The van der Waals surface area contributed by atoms with E-state index in [1.54, 1.807) is 0 Å². The molecule has 0 fully saturated rings. The van der Waals surface area contributed by atoms with Crippen molar-refractivity contribution in [3.8, 4) is 0 Å². The molecule has 0 saturated carbocycles. The summed E-state index contributed by atoms with van der Waals surface area (Å²) >= 11 is 0. The Morgan fingerprint density at radius 2 is 2.13 bits per heavy atom. The van der Waals surface area contributed by atoms with Crippen LogP contribution in [0.4, 0.5) is 0 Å². The summed E-state index contributed by atoms with van der Waals surface area (Å²) < 4.78 is 0. The summed E-state index contributed by atoms with van der Waals surface area (Å²) in [6.07, 6.45) is 0.886. The first-order valence-electron chi connectivity index (χ1n) is 4.44. The third-order valence-electron chi connectivity index (χ3n) is 1.94. The second kappa shape index (κ2) is 4.53. The first-order chi connectivity index (χ1) is 7.07. The normalized spacial score (nSPS) is 19.7. The lowest BCUT2D eigenvalue weighted by atomic mass is 10.3. The largest absolute Gasteiger partial charge is 0.437 e. The number of hydrogen-bond donors (Lipinski definition) is 0. The number of rotatable bonds is 5. The lowest BCUT2D eigenvalue weighted by molar-refractivity contribution is -0.718. The van der Waals surface area contributed by atoms with Crippen molar-refractivity contribution in [2.45, 2.75) is 26.1 Å². The first-order valence-corrected chi connectivity index (χ1v) is 4.44. The quantitative estimate of drug-likeness (QED) is 0.477. The summed E-state index contributed by atoms with van der Waals surface area (Å²) in [4.78, 5) is 20.3. The van der Waals surface area contributed by atoms with Gasteiger partial charge in [-0.15, -0.1) is 0 Å². The maximum absolute atomic E-state index is 10.6. The SMILES string of the molecule is CCCCN1N=CN([N+](=O)[O-])C1[N+](=O)[O-]. The summed E-state index contributed by atoms with van der Waals surface area (Å²) in [6.45, 7) is 2.26. The zero-order valence-electron chi connectivity index (χ0n) is 8.15. The maximum Gasteiger partial charge on any atom is 0.437 e. The van der Waals surface area contributed by atoms with Crippen LogP contribution in [0.5, 0.6) is 0 Å². The summed E-state index contributed by atoms with van der Waals surface area (Å²) in [5.74, 6) is 0. The Kier molecular flexibility index (Phi) is 3.37. The predicted molar refractivity (Wildman–Crippen MR) is 49.7 cm³/mol. The van der Waals surface area contributed by atoms with Crippen LogP contribution in [0.15, 0.2) is 5.10 Å². The molecule has 0 bridgehead atoms. The number of hydrazine groups is 1. The second-order valence-electron chi connectivity index (χ2n) is 3.00. The van der Waals surface area contributed by atoms with E-state index in [1.807, 2.05) is 6.92 Å². The molecule has 1 heterocycles. The Morgan fingerprint density at radius 1 is 1.47 bits per heavy atom. The van der Waals surface area contributed by atoms with Gasteiger partial charge in [0.1, 0.15) is 0 Å². The minimum absolute atomic E-state index is 0.336. The smallest absolute Gasteiger partial charge is 0.260 e. The van der Waals surface area contributed by atoms with Crippen LogP contribution in [0.25, 0.3) is 0 Å². The highest BCUT2D eigenvalue weighted by Gasteiger charge is 2.45. The summed E-state index contributed by atoms with van der Waals surface area (Å²) in [7, 11) is 0. The highest BCUT2D eigenvalue weighted by Crippen LogP contribution is 2.13. The van der Waals surface area contributed by atoms with Gasteiger partial charge in [0.25, 0.3) is 0 Å². The van der Waals surface area contributed by atoms with E-state index in [2.05, 4.69) is 5.10 Å². The Morgan fingerprint density at radius 3 is 2.60 bits per heavy atom. The highest BCUT2D eigenvalue weighted by atomic mass is 16.7. The molecule has 1 unspecified atom stereocenters. The van der Waals surface area contributed by atoms with Crippen LogP contribution < -0.4 is 0 Å². The van der Waals surface area contributed by atoms with Crippen molar-refractivity contribution in [3.63, 3.8) is 0 Å². The fourth-order valence-electron chi connectivity index (χ4n) is 1.20. The minimum atomic E-state index is -1.52. The monoisotopic (exact) mass is 217 g/mol. The summed E-state index contributed by atoms with van der Waals surface area (Å²) in [5, 5.41) is 25.3. The number of unbranched alkanes of at least 4 members (excludes halogenated alkanes) is 1. The van der Waals surface area contributed by atoms with Gasteiger partial charge in [-0.25, -0.2) is 15.1 Å². The molecule has 0 radical (unpaired) electrons. The van der Waals surface area contributed by atoms with Crippen molar-refractivity contribution in [3.05, 3.63) is 20.2 Å². The molecule has 0 aliphatic carbocycles. The van der Waals surface area contributed by atoms with Gasteiger partial charge in [0.15, 0.2) is 11.4 Å². The van der Waals surface area contributed by atoms with Crippen molar-refractivity contribution in [1.29, 1.82) is 0 Å². The molecule has 0 saturated heterocycles. The number of nitro groups is 2. The van der Waals surface area contributed by atoms with Gasteiger partial charge in [0.2, 0.25) is 0 Å². The van der Waals surface area contributed by atoms with Crippen molar-refractivity contribution in [2.24, 2.45) is 5.10 Å². The minimum Gasteiger partial charge on any atom is -0.260 e. The molecule has 9 heteroatoms. The Balaban J connectivity index is 2.71. The van der Waals surface area contributed by atoms with Crippen LogP contribution in [0, 0.1) is 20.2 Å². The number of hydrogen-bond acceptors (Lipinski definition) is 6. The molecule has 15 heavy (non-hydrogen) atoms. The van der Waals surface area contributed by atoms with Gasteiger partial charge in [0, 0.05) is 11.6 Å². The molecule has 1 aliphatic rings. The number of nitrogens with zero attached hydrogens (tertiary/aromatic N) is 5. The standard InChI is InChI=1S/C6H11N5O4/c1-2-3-4-8-6(10(12)13)9(5-7-8)11(14)15/h5-6H,2-4H2,1H3. The molecule has 84 valence electrons. The number of hydrazone groups is 1. The average Bonchev–Trinajstić information content (AvgIpc) is 2.58. The topological polar surface area (TPSA) is 105 Å². The van der Waals surface area contributed by atoms with Gasteiger partial charge in [-0.1, -0.05) is 13.3 Å². The van der Waals surface area contributed by atoms with E-state index < -0.39 is 16.2 Å². The van der Waals surface area contributed by atoms with E-state index >= 15 is 0 Å². The van der Waals surface area contributed by atoms with Crippen LogP contribution in [0.1, 0.15) is 19.8 Å². The highest BCUT2D eigenvalue weighted by molar-refractivity contribution is 5.54. The average molecular weight is 217 g/mol. The Bertz CT molecular complexity index is 293. The molecule has 0 aromatic carbocycles. The Labute approximate surface area is 85.2 Å². The molecule has 1 atom stereocenters. The fourth-order valence-corrected chi connectivity index (χ4v) is 1.20. The molecule has 0 N–H and O–H groups in total. The molecule has 1 rings (SSSR count). The maximum atomic E-state index is 10.6. The van der Waals surface area contributed by atoms with Crippen molar-refractivity contribution >= 4 is 6.34 Å². The van der Waals surface area contributed by atoms with E-state index in [0.717, 1.165) is 17.8 Å². The van der Waals surface area contributed by atoms with Crippen LogP contribution in [0.3, 0.4) is 0 Å². The van der Waals surface area contributed by atoms with Gasteiger partial charge in [-0.3, -0.25) is 10.1 Å².